The molecule has 0 unspecified atom stereocenters. The van der Waals surface area contributed by atoms with Gasteiger partial charge in [0.2, 0.25) is 0 Å². The second-order valence-corrected chi connectivity index (χ2v) is 2.55. The number of aromatic nitrogens is 1. The molecular formula is C6H5BrFNO. The Morgan fingerprint density at radius 2 is 2.30 bits per heavy atom. The minimum absolute atomic E-state index is 0.203. The Balaban J connectivity index is 3.14. The Morgan fingerprint density at radius 1 is 1.60 bits per heavy atom. The standard InChI is InChI=1S/C6H5BrFNO/c7-6-4(3-10)1-9-2-5(6)8/h1-2,10H,3H2. The lowest BCUT2D eigenvalue weighted by Crippen LogP contribution is -1.89. The van der Waals surface area contributed by atoms with Crippen LogP contribution in [-0.4, -0.2) is 10.1 Å². The number of hydrogen-bond acceptors (Lipinski definition) is 2. The first-order valence-corrected chi connectivity index (χ1v) is 3.43. The van der Waals surface area contributed by atoms with Gasteiger partial charge in [0.1, 0.15) is 0 Å². The average Bonchev–Trinajstić information content (AvgIpc) is 1.95. The monoisotopic (exact) mass is 205 g/mol. The lowest BCUT2D eigenvalue weighted by Gasteiger charge is -1.98. The van der Waals surface area contributed by atoms with E-state index in [0.717, 1.165) is 6.20 Å². The van der Waals surface area contributed by atoms with Crippen molar-refractivity contribution in [2.45, 2.75) is 6.61 Å². The fourth-order valence-electron chi connectivity index (χ4n) is 0.570. The molecule has 0 aliphatic carbocycles. The molecule has 0 spiro atoms. The molecule has 4 heteroatoms. The van der Waals surface area contributed by atoms with Crippen LogP contribution >= 0.6 is 15.9 Å². The van der Waals surface area contributed by atoms with Gasteiger partial charge < -0.3 is 5.11 Å². The molecule has 1 rings (SSSR count). The van der Waals surface area contributed by atoms with Crippen LogP contribution in [-0.2, 0) is 6.61 Å². The predicted molar refractivity (Wildman–Crippen MR) is 37.8 cm³/mol. The Kier molecular flexibility index (Phi) is 2.34. The maximum atomic E-state index is 12.5. The summed E-state index contributed by atoms with van der Waals surface area (Å²) in [5.74, 6) is -0.452. The molecule has 0 radical (unpaired) electrons. The number of aliphatic hydroxyl groups excluding tert-OH is 1. The number of pyridine rings is 1. The summed E-state index contributed by atoms with van der Waals surface area (Å²) in [6, 6.07) is 0. The van der Waals surface area contributed by atoms with Crippen molar-refractivity contribution in [3.05, 3.63) is 28.2 Å². The largest absolute Gasteiger partial charge is 0.392 e. The van der Waals surface area contributed by atoms with Gasteiger partial charge >= 0.3 is 0 Å². The van der Waals surface area contributed by atoms with E-state index in [-0.39, 0.29) is 11.1 Å². The van der Waals surface area contributed by atoms with Crippen LogP contribution in [0, 0.1) is 5.82 Å². The highest BCUT2D eigenvalue weighted by Gasteiger charge is 2.03. The third-order valence-corrected chi connectivity index (χ3v) is 1.97. The zero-order chi connectivity index (χ0) is 7.56. The predicted octanol–water partition coefficient (Wildman–Crippen LogP) is 1.48. The molecule has 0 aliphatic rings. The van der Waals surface area contributed by atoms with E-state index in [1.165, 1.54) is 6.20 Å². The summed E-state index contributed by atoms with van der Waals surface area (Å²) >= 11 is 2.97. The lowest BCUT2D eigenvalue weighted by molar-refractivity contribution is 0.279. The highest BCUT2D eigenvalue weighted by Crippen LogP contribution is 2.18. The van der Waals surface area contributed by atoms with Gasteiger partial charge in [-0.25, -0.2) is 4.39 Å². The first-order chi connectivity index (χ1) is 4.75. The van der Waals surface area contributed by atoms with Crippen LogP contribution in [0.3, 0.4) is 0 Å². The summed E-state index contributed by atoms with van der Waals surface area (Å²) in [6.45, 7) is -0.203. The molecule has 10 heavy (non-hydrogen) atoms. The molecule has 1 aromatic rings. The quantitative estimate of drug-likeness (QED) is 0.754. The van der Waals surface area contributed by atoms with Gasteiger partial charge in [0.25, 0.3) is 0 Å². The lowest BCUT2D eigenvalue weighted by atomic mass is 10.3. The molecular weight excluding hydrogens is 201 g/mol. The Bertz CT molecular complexity index is 241. The van der Waals surface area contributed by atoms with Crippen LogP contribution in [0.2, 0.25) is 0 Å². The van der Waals surface area contributed by atoms with Crippen LogP contribution in [0.25, 0.3) is 0 Å². The number of hydrogen-bond donors (Lipinski definition) is 1. The summed E-state index contributed by atoms with van der Waals surface area (Å²) in [5, 5.41) is 8.61. The van der Waals surface area contributed by atoms with E-state index >= 15 is 0 Å². The maximum absolute atomic E-state index is 12.5. The molecule has 0 saturated carbocycles. The van der Waals surface area contributed by atoms with E-state index in [2.05, 4.69) is 20.9 Å². The van der Waals surface area contributed by atoms with E-state index in [4.69, 9.17) is 5.11 Å². The summed E-state index contributed by atoms with van der Waals surface area (Å²) in [4.78, 5) is 3.55. The summed E-state index contributed by atoms with van der Waals surface area (Å²) in [5.41, 5.74) is 0.458. The highest BCUT2D eigenvalue weighted by atomic mass is 79.9. The van der Waals surface area contributed by atoms with Gasteiger partial charge in [0.15, 0.2) is 5.82 Å². The second-order valence-electron chi connectivity index (χ2n) is 1.75. The fourth-order valence-corrected chi connectivity index (χ4v) is 0.900. The SMILES string of the molecule is OCc1cncc(F)c1Br. The Morgan fingerprint density at radius 3 is 2.80 bits per heavy atom. The zero-order valence-electron chi connectivity index (χ0n) is 5.01. The zero-order valence-corrected chi connectivity index (χ0v) is 6.60. The smallest absolute Gasteiger partial charge is 0.156 e. The number of nitrogens with zero attached hydrogens (tertiary/aromatic N) is 1. The molecule has 0 fully saturated rings. The van der Waals surface area contributed by atoms with Gasteiger partial charge in [0.05, 0.1) is 17.3 Å². The molecule has 0 atom stereocenters. The minimum Gasteiger partial charge on any atom is -0.392 e. The number of halogens is 2. The van der Waals surface area contributed by atoms with Crippen molar-refractivity contribution >= 4 is 15.9 Å². The molecule has 0 amide bonds. The van der Waals surface area contributed by atoms with Gasteiger partial charge in [-0.15, -0.1) is 0 Å². The van der Waals surface area contributed by atoms with E-state index < -0.39 is 5.82 Å². The first-order valence-electron chi connectivity index (χ1n) is 2.64. The molecule has 0 bridgehead atoms. The molecule has 0 saturated heterocycles. The van der Waals surface area contributed by atoms with Crippen LogP contribution in [0.1, 0.15) is 5.56 Å². The topological polar surface area (TPSA) is 33.1 Å². The van der Waals surface area contributed by atoms with Gasteiger partial charge in [-0.05, 0) is 15.9 Å². The summed E-state index contributed by atoms with van der Waals surface area (Å²) < 4.78 is 12.8. The normalized spacial score (nSPS) is 9.90. The first kappa shape index (κ1) is 7.63. The van der Waals surface area contributed by atoms with Crippen LogP contribution in [0.15, 0.2) is 16.9 Å². The third-order valence-electron chi connectivity index (χ3n) is 1.08. The van der Waals surface area contributed by atoms with Crippen molar-refractivity contribution in [2.75, 3.05) is 0 Å². The van der Waals surface area contributed by atoms with E-state index in [1.807, 2.05) is 0 Å². The van der Waals surface area contributed by atoms with Crippen molar-refractivity contribution in [3.8, 4) is 0 Å². The second kappa shape index (κ2) is 3.07. The van der Waals surface area contributed by atoms with Crippen molar-refractivity contribution in [3.63, 3.8) is 0 Å². The van der Waals surface area contributed by atoms with Crippen molar-refractivity contribution in [2.24, 2.45) is 0 Å². The Hall–Kier alpha value is -0.480. The van der Waals surface area contributed by atoms with E-state index in [1.54, 1.807) is 0 Å². The molecule has 0 aromatic carbocycles. The fraction of sp³-hybridized carbons (Fsp3) is 0.167. The van der Waals surface area contributed by atoms with Crippen LogP contribution < -0.4 is 0 Å². The van der Waals surface area contributed by atoms with Crippen LogP contribution in [0.5, 0.6) is 0 Å². The Labute approximate surface area is 65.8 Å². The van der Waals surface area contributed by atoms with E-state index in [0.29, 0.717) is 5.56 Å². The van der Waals surface area contributed by atoms with Crippen LogP contribution in [0.4, 0.5) is 4.39 Å². The van der Waals surface area contributed by atoms with E-state index in [9.17, 15) is 4.39 Å². The van der Waals surface area contributed by atoms with Crippen molar-refractivity contribution < 1.29 is 9.50 Å². The average molecular weight is 206 g/mol. The molecule has 0 aliphatic heterocycles. The summed E-state index contributed by atoms with van der Waals surface area (Å²) in [7, 11) is 0. The van der Waals surface area contributed by atoms with Gasteiger partial charge in [-0.2, -0.15) is 0 Å². The van der Waals surface area contributed by atoms with Crippen molar-refractivity contribution in [1.29, 1.82) is 0 Å². The van der Waals surface area contributed by atoms with Gasteiger partial charge in [-0.1, -0.05) is 0 Å². The molecule has 1 heterocycles. The van der Waals surface area contributed by atoms with Crippen molar-refractivity contribution in [1.82, 2.24) is 4.98 Å². The van der Waals surface area contributed by atoms with Gasteiger partial charge in [0, 0.05) is 11.8 Å². The molecule has 1 N–H and O–H groups in total. The minimum atomic E-state index is -0.452. The molecule has 1 aromatic heterocycles. The number of rotatable bonds is 1. The highest BCUT2D eigenvalue weighted by molar-refractivity contribution is 9.10. The number of aliphatic hydroxyl groups is 1. The third kappa shape index (κ3) is 1.33. The summed E-state index contributed by atoms with van der Waals surface area (Å²) in [6.07, 6.45) is 2.50. The molecule has 54 valence electrons. The molecule has 2 nitrogen and oxygen atoms in total. The van der Waals surface area contributed by atoms with Gasteiger partial charge in [-0.3, -0.25) is 4.98 Å². The maximum Gasteiger partial charge on any atom is 0.156 e.